The number of halogens is 1. The van der Waals surface area contributed by atoms with Crippen LogP contribution in [0.25, 0.3) is 0 Å². The average molecular weight is 366 g/mol. The van der Waals surface area contributed by atoms with Gasteiger partial charge in [-0.05, 0) is 43.3 Å². The Labute approximate surface area is 146 Å². The normalized spacial score (nSPS) is 10.9. The monoisotopic (exact) mass is 365 g/mol. The Morgan fingerprint density at radius 1 is 1.12 bits per heavy atom. The van der Waals surface area contributed by atoms with E-state index >= 15 is 0 Å². The Kier molecular flexibility index (Phi) is 5.64. The summed E-state index contributed by atoms with van der Waals surface area (Å²) in [5.74, 6) is -0.604. The van der Waals surface area contributed by atoms with E-state index in [2.05, 4.69) is 11.3 Å². The van der Waals surface area contributed by atoms with E-state index in [0.29, 0.717) is 5.69 Å². The van der Waals surface area contributed by atoms with Gasteiger partial charge in [0, 0.05) is 10.7 Å². The highest BCUT2D eigenvalue weighted by molar-refractivity contribution is 7.92. The van der Waals surface area contributed by atoms with Crippen molar-refractivity contribution in [1.29, 1.82) is 0 Å². The smallest absolute Gasteiger partial charge is 0.338 e. The third kappa shape index (κ3) is 4.84. The molecule has 2 aromatic rings. The fourth-order valence-corrected chi connectivity index (χ4v) is 2.95. The Hall–Kier alpha value is -2.31. The molecular formula is C17H16ClNO4S. The van der Waals surface area contributed by atoms with Gasteiger partial charge in [-0.3, -0.25) is 4.72 Å². The van der Waals surface area contributed by atoms with Gasteiger partial charge in [-0.15, -0.1) is 0 Å². The third-order valence-electron chi connectivity index (χ3n) is 3.06. The maximum atomic E-state index is 12.3. The molecule has 0 aliphatic heterocycles. The van der Waals surface area contributed by atoms with Crippen molar-refractivity contribution in [2.75, 3.05) is 11.3 Å². The van der Waals surface area contributed by atoms with Crippen molar-refractivity contribution < 1.29 is 17.9 Å². The van der Waals surface area contributed by atoms with Gasteiger partial charge in [0.25, 0.3) is 10.0 Å². The maximum Gasteiger partial charge on any atom is 0.338 e. The van der Waals surface area contributed by atoms with Crippen LogP contribution in [0, 0.1) is 6.92 Å². The number of carbonyl (C=O) groups excluding carboxylic acids is 1. The molecule has 0 aliphatic rings. The Morgan fingerprint density at radius 3 is 2.25 bits per heavy atom. The summed E-state index contributed by atoms with van der Waals surface area (Å²) in [5, 5.41) is 0.199. The topological polar surface area (TPSA) is 72.5 Å². The predicted molar refractivity (Wildman–Crippen MR) is 93.7 cm³/mol. The van der Waals surface area contributed by atoms with Gasteiger partial charge >= 0.3 is 5.97 Å². The van der Waals surface area contributed by atoms with Gasteiger partial charge in [0.05, 0.1) is 10.5 Å². The Balaban J connectivity index is 2.12. The fourth-order valence-electron chi connectivity index (χ4n) is 1.83. The first-order valence-corrected chi connectivity index (χ1v) is 8.84. The van der Waals surface area contributed by atoms with Gasteiger partial charge in [-0.2, -0.15) is 0 Å². The van der Waals surface area contributed by atoms with Crippen molar-refractivity contribution in [3.8, 4) is 0 Å². The van der Waals surface area contributed by atoms with Crippen LogP contribution in [0.15, 0.2) is 65.0 Å². The van der Waals surface area contributed by atoms with Crippen molar-refractivity contribution in [1.82, 2.24) is 0 Å². The van der Waals surface area contributed by atoms with E-state index in [9.17, 15) is 13.2 Å². The molecule has 2 aromatic carbocycles. The summed E-state index contributed by atoms with van der Waals surface area (Å²) in [4.78, 5) is 11.8. The molecular weight excluding hydrogens is 350 g/mol. The zero-order chi connectivity index (χ0) is 17.7. The summed E-state index contributed by atoms with van der Waals surface area (Å²) in [6.45, 7) is 5.22. The van der Waals surface area contributed by atoms with Crippen LogP contribution in [0.1, 0.15) is 15.9 Å². The van der Waals surface area contributed by atoms with Crippen LogP contribution in [-0.4, -0.2) is 21.0 Å². The number of anilines is 1. The van der Waals surface area contributed by atoms with Crippen molar-refractivity contribution in [2.24, 2.45) is 0 Å². The summed E-state index contributed by atoms with van der Waals surface area (Å²) in [5.41, 5.74) is 1.72. The SMILES string of the molecule is C=C(Cl)COC(=O)c1ccc(S(=O)(=O)Nc2ccc(C)cc2)cc1. The number of benzene rings is 2. The average Bonchev–Trinajstić information content (AvgIpc) is 2.54. The molecule has 2 rings (SSSR count). The second kappa shape index (κ2) is 7.51. The lowest BCUT2D eigenvalue weighted by Crippen LogP contribution is -2.13. The number of hydrogen-bond acceptors (Lipinski definition) is 4. The van der Waals surface area contributed by atoms with Crippen LogP contribution >= 0.6 is 11.6 Å². The van der Waals surface area contributed by atoms with Crippen molar-refractivity contribution >= 4 is 33.3 Å². The van der Waals surface area contributed by atoms with Gasteiger partial charge < -0.3 is 4.74 Å². The molecule has 0 heterocycles. The first-order chi connectivity index (χ1) is 11.3. The van der Waals surface area contributed by atoms with E-state index in [1.54, 1.807) is 12.1 Å². The number of rotatable bonds is 6. The summed E-state index contributed by atoms with van der Waals surface area (Å²) < 4.78 is 32.0. The highest BCUT2D eigenvalue weighted by Gasteiger charge is 2.15. The Morgan fingerprint density at radius 2 is 1.71 bits per heavy atom. The second-order valence-corrected chi connectivity index (χ2v) is 7.31. The molecule has 0 atom stereocenters. The van der Waals surface area contributed by atoms with Crippen LogP contribution in [0.2, 0.25) is 0 Å². The minimum absolute atomic E-state index is 0.0429. The van der Waals surface area contributed by atoms with Crippen molar-refractivity contribution in [2.45, 2.75) is 11.8 Å². The largest absolute Gasteiger partial charge is 0.456 e. The highest BCUT2D eigenvalue weighted by atomic mass is 35.5. The number of carbonyl (C=O) groups is 1. The molecule has 0 spiro atoms. The number of ether oxygens (including phenoxy) is 1. The van der Waals surface area contributed by atoms with E-state index in [0.717, 1.165) is 5.56 Å². The van der Waals surface area contributed by atoms with Gasteiger partial charge in [0.2, 0.25) is 0 Å². The van der Waals surface area contributed by atoms with Crippen LogP contribution in [-0.2, 0) is 14.8 Å². The molecule has 24 heavy (non-hydrogen) atoms. The molecule has 1 N–H and O–H groups in total. The first kappa shape index (κ1) is 18.0. The van der Waals surface area contributed by atoms with Crippen LogP contribution in [0.5, 0.6) is 0 Å². The van der Waals surface area contributed by atoms with Gasteiger partial charge in [0.1, 0.15) is 6.61 Å². The van der Waals surface area contributed by atoms with Crippen LogP contribution in [0.3, 0.4) is 0 Å². The minimum Gasteiger partial charge on any atom is -0.456 e. The zero-order valence-electron chi connectivity index (χ0n) is 13.0. The van der Waals surface area contributed by atoms with Gasteiger partial charge in [-0.25, -0.2) is 13.2 Å². The number of esters is 1. The summed E-state index contributed by atoms with van der Waals surface area (Å²) >= 11 is 5.52. The van der Waals surface area contributed by atoms with Crippen molar-refractivity contribution in [3.63, 3.8) is 0 Å². The van der Waals surface area contributed by atoms with Gasteiger partial charge in [-0.1, -0.05) is 35.9 Å². The maximum absolute atomic E-state index is 12.3. The predicted octanol–water partition coefficient (Wildman–Crippen LogP) is 3.71. The van der Waals surface area contributed by atoms with Crippen LogP contribution in [0.4, 0.5) is 5.69 Å². The zero-order valence-corrected chi connectivity index (χ0v) is 14.5. The van der Waals surface area contributed by atoms with E-state index < -0.39 is 16.0 Å². The minimum atomic E-state index is -3.73. The lowest BCUT2D eigenvalue weighted by atomic mass is 10.2. The quantitative estimate of drug-likeness (QED) is 0.792. The molecule has 7 heteroatoms. The molecule has 0 radical (unpaired) electrons. The van der Waals surface area contributed by atoms with Crippen molar-refractivity contribution in [3.05, 3.63) is 71.3 Å². The molecule has 0 unspecified atom stereocenters. The second-order valence-electron chi connectivity index (χ2n) is 5.09. The Bertz CT molecular complexity index is 843. The molecule has 0 aromatic heterocycles. The van der Waals surface area contributed by atoms with Gasteiger partial charge in [0.15, 0.2) is 0 Å². The highest BCUT2D eigenvalue weighted by Crippen LogP contribution is 2.17. The number of nitrogens with one attached hydrogen (secondary N) is 1. The molecule has 0 fully saturated rings. The lowest BCUT2D eigenvalue weighted by molar-refractivity contribution is 0.0546. The molecule has 0 amide bonds. The fraction of sp³-hybridized carbons (Fsp3) is 0.118. The molecule has 0 saturated heterocycles. The van der Waals surface area contributed by atoms with E-state index in [-0.39, 0.29) is 22.1 Å². The van der Waals surface area contributed by atoms with Crippen LogP contribution < -0.4 is 4.72 Å². The molecule has 0 saturated carbocycles. The molecule has 5 nitrogen and oxygen atoms in total. The lowest BCUT2D eigenvalue weighted by Gasteiger charge is -2.09. The molecule has 0 aliphatic carbocycles. The number of aryl methyl sites for hydroxylation is 1. The molecule has 0 bridgehead atoms. The first-order valence-electron chi connectivity index (χ1n) is 6.98. The summed E-state index contributed by atoms with van der Waals surface area (Å²) in [6.07, 6.45) is 0. The molecule has 126 valence electrons. The summed E-state index contributed by atoms with van der Waals surface area (Å²) in [7, 11) is -3.73. The van der Waals surface area contributed by atoms with E-state index in [4.69, 9.17) is 16.3 Å². The van der Waals surface area contributed by atoms with E-state index in [1.165, 1.54) is 24.3 Å². The number of sulfonamides is 1. The standard InChI is InChI=1S/C17H16ClNO4S/c1-12-3-7-15(8-4-12)19-24(21,22)16-9-5-14(6-10-16)17(20)23-11-13(2)18/h3-10,19H,2,11H2,1H3. The van der Waals surface area contributed by atoms with E-state index in [1.807, 2.05) is 19.1 Å². The third-order valence-corrected chi connectivity index (χ3v) is 4.57. The summed E-state index contributed by atoms with van der Waals surface area (Å²) in [6, 6.07) is 12.4. The number of hydrogen-bond donors (Lipinski definition) is 1.